The van der Waals surface area contributed by atoms with Crippen molar-refractivity contribution < 1.29 is 49.4 Å². The van der Waals surface area contributed by atoms with Gasteiger partial charge < -0.3 is 16.6 Å². The fourth-order valence-corrected chi connectivity index (χ4v) is 0.129. The van der Waals surface area contributed by atoms with Crippen LogP contribution in [0.2, 0.25) is 0 Å². The number of carboxylic acid groups (broad SMARTS) is 2. The molecule has 0 aliphatic rings. The van der Waals surface area contributed by atoms with Gasteiger partial charge in [-0.2, -0.15) is 13.8 Å². The number of hydrogen-bond acceptors (Lipinski definition) is 2. The molecule has 0 aliphatic heterocycles. The fourth-order valence-electron chi connectivity index (χ4n) is 0.129. The second kappa shape index (κ2) is 22.7. The van der Waals surface area contributed by atoms with Crippen molar-refractivity contribution in [3.8, 4) is 0 Å². The SMILES string of the molecule is CC.C[CH-]C.O=C(O)CC(=O)O.[Na+]. The minimum atomic E-state index is -1.31. The van der Waals surface area contributed by atoms with Crippen LogP contribution < -0.4 is 29.6 Å². The second-order valence-corrected chi connectivity index (χ2v) is 1.54. The van der Waals surface area contributed by atoms with E-state index >= 15 is 0 Å². The van der Waals surface area contributed by atoms with Gasteiger partial charge in [-0.15, -0.1) is 0 Å². The van der Waals surface area contributed by atoms with Crippen molar-refractivity contribution in [1.82, 2.24) is 0 Å². The molecule has 0 unspecified atom stereocenters. The zero-order chi connectivity index (χ0) is 10.6. The summed E-state index contributed by atoms with van der Waals surface area (Å²) in [5.74, 6) is -2.62. The van der Waals surface area contributed by atoms with Crippen molar-refractivity contribution in [2.24, 2.45) is 0 Å². The van der Waals surface area contributed by atoms with E-state index in [9.17, 15) is 9.59 Å². The Balaban J connectivity index is -0.0000000581. The summed E-state index contributed by atoms with van der Waals surface area (Å²) in [5, 5.41) is 15.4. The van der Waals surface area contributed by atoms with E-state index in [1.54, 1.807) is 0 Å². The molecular weight excluding hydrogens is 183 g/mol. The molecule has 0 rings (SSSR count). The second-order valence-electron chi connectivity index (χ2n) is 1.54. The van der Waals surface area contributed by atoms with Crippen LogP contribution >= 0.6 is 0 Å². The molecule has 74 valence electrons. The summed E-state index contributed by atoms with van der Waals surface area (Å²) in [4.78, 5) is 18.9. The molecule has 0 amide bonds. The van der Waals surface area contributed by atoms with E-state index in [1.807, 2.05) is 34.1 Å². The molecule has 13 heavy (non-hydrogen) atoms. The van der Waals surface area contributed by atoms with Crippen LogP contribution in [0.15, 0.2) is 0 Å². The molecule has 4 nitrogen and oxygen atoms in total. The largest absolute Gasteiger partial charge is 1.00 e. The molecule has 0 saturated carbocycles. The third-order valence-corrected chi connectivity index (χ3v) is 0.302. The zero-order valence-corrected chi connectivity index (χ0v) is 11.0. The Hall–Kier alpha value is -0.0600. The maximum absolute atomic E-state index is 9.43. The predicted octanol–water partition coefficient (Wildman–Crippen LogP) is -1.19. The van der Waals surface area contributed by atoms with Gasteiger partial charge in [0.1, 0.15) is 6.42 Å². The van der Waals surface area contributed by atoms with E-state index in [0.717, 1.165) is 0 Å². The van der Waals surface area contributed by atoms with Gasteiger partial charge >= 0.3 is 41.5 Å². The molecule has 0 radical (unpaired) electrons. The molecule has 0 aromatic rings. The molecule has 0 spiro atoms. The summed E-state index contributed by atoms with van der Waals surface area (Å²) in [6.07, 6.45) is 1.19. The first-order valence-corrected chi connectivity index (χ1v) is 3.72. The van der Waals surface area contributed by atoms with E-state index in [1.165, 1.54) is 0 Å². The molecule has 0 saturated heterocycles. The Morgan fingerprint density at radius 1 is 1.08 bits per heavy atom. The molecule has 0 heterocycles. The standard InChI is InChI=1S/C3H4O4.C3H7.C2H6.Na/c4-2(5)1-3(6)7;1-3-2;1-2;/h1H2,(H,4,5)(H,6,7);3H,1-2H3;1-2H3;/q;-1;;+1. The first kappa shape index (κ1) is 23.1. The third kappa shape index (κ3) is 76.0. The quantitative estimate of drug-likeness (QED) is 0.334. The maximum atomic E-state index is 9.43. The summed E-state index contributed by atoms with van der Waals surface area (Å²) in [6.45, 7) is 8.00. The van der Waals surface area contributed by atoms with Crippen molar-refractivity contribution in [2.45, 2.75) is 34.1 Å². The van der Waals surface area contributed by atoms with Crippen LogP contribution in [0.1, 0.15) is 34.1 Å². The Morgan fingerprint density at radius 2 is 1.23 bits per heavy atom. The van der Waals surface area contributed by atoms with E-state index < -0.39 is 18.4 Å². The Bertz CT molecular complexity index is 103. The van der Waals surface area contributed by atoms with Gasteiger partial charge in [-0.25, -0.2) is 0 Å². The molecule has 2 N–H and O–H groups in total. The van der Waals surface area contributed by atoms with Crippen molar-refractivity contribution in [3.05, 3.63) is 6.42 Å². The number of carbonyl (C=O) groups is 2. The van der Waals surface area contributed by atoms with Gasteiger partial charge in [-0.05, 0) is 0 Å². The summed E-state index contributed by atoms with van der Waals surface area (Å²) in [5.41, 5.74) is 0. The molecule has 0 atom stereocenters. The Morgan fingerprint density at radius 3 is 1.23 bits per heavy atom. The maximum Gasteiger partial charge on any atom is 1.00 e. The van der Waals surface area contributed by atoms with Gasteiger partial charge in [0.2, 0.25) is 0 Å². The van der Waals surface area contributed by atoms with Gasteiger partial charge in [0.15, 0.2) is 0 Å². The molecule has 0 bridgehead atoms. The molecule has 0 aromatic heterocycles. The predicted molar refractivity (Wildman–Crippen MR) is 46.9 cm³/mol. The van der Waals surface area contributed by atoms with Crippen LogP contribution in [-0.2, 0) is 9.59 Å². The third-order valence-electron chi connectivity index (χ3n) is 0.302. The van der Waals surface area contributed by atoms with Crippen LogP contribution in [0, 0.1) is 6.42 Å². The number of carboxylic acids is 2. The Labute approximate surface area is 102 Å². The van der Waals surface area contributed by atoms with Crippen LogP contribution in [0.3, 0.4) is 0 Å². The number of hydrogen-bond donors (Lipinski definition) is 2. The van der Waals surface area contributed by atoms with Gasteiger partial charge in [0.05, 0.1) is 0 Å². The summed E-state index contributed by atoms with van der Waals surface area (Å²) >= 11 is 0. The molecule has 0 fully saturated rings. The van der Waals surface area contributed by atoms with E-state index in [4.69, 9.17) is 10.2 Å². The van der Waals surface area contributed by atoms with Gasteiger partial charge in [0, 0.05) is 0 Å². The van der Waals surface area contributed by atoms with E-state index in [2.05, 4.69) is 0 Å². The topological polar surface area (TPSA) is 74.6 Å². The first-order chi connectivity index (χ1) is 5.54. The first-order valence-electron chi connectivity index (χ1n) is 3.72. The van der Waals surface area contributed by atoms with Crippen LogP contribution in [-0.4, -0.2) is 22.2 Å². The van der Waals surface area contributed by atoms with E-state index in [-0.39, 0.29) is 29.6 Å². The van der Waals surface area contributed by atoms with Crippen LogP contribution in [0.4, 0.5) is 0 Å². The minimum absolute atomic E-state index is 0. The van der Waals surface area contributed by atoms with Gasteiger partial charge in [-0.1, -0.05) is 13.8 Å². The minimum Gasteiger partial charge on any atom is -0.481 e. The number of aliphatic carboxylic acids is 2. The summed E-state index contributed by atoms with van der Waals surface area (Å²) in [6, 6.07) is 0. The number of rotatable bonds is 2. The van der Waals surface area contributed by atoms with Crippen molar-refractivity contribution >= 4 is 11.9 Å². The summed E-state index contributed by atoms with van der Waals surface area (Å²) < 4.78 is 0. The van der Waals surface area contributed by atoms with Crippen LogP contribution in [0.5, 0.6) is 0 Å². The van der Waals surface area contributed by atoms with Crippen molar-refractivity contribution in [2.75, 3.05) is 0 Å². The van der Waals surface area contributed by atoms with Crippen molar-refractivity contribution in [3.63, 3.8) is 0 Å². The average molecular weight is 200 g/mol. The monoisotopic (exact) mass is 200 g/mol. The van der Waals surface area contributed by atoms with E-state index in [0.29, 0.717) is 0 Å². The zero-order valence-electron chi connectivity index (χ0n) is 9.00. The smallest absolute Gasteiger partial charge is 0.481 e. The molecule has 5 heteroatoms. The average Bonchev–Trinajstić information content (AvgIpc) is 1.90. The van der Waals surface area contributed by atoms with Crippen LogP contribution in [0.25, 0.3) is 0 Å². The fraction of sp³-hybridized carbons (Fsp3) is 0.625. The Kier molecular flexibility index (Phi) is 40.2. The molecular formula is C8H17NaO4. The van der Waals surface area contributed by atoms with Gasteiger partial charge in [0.25, 0.3) is 0 Å². The molecule has 0 aromatic carbocycles. The summed E-state index contributed by atoms with van der Waals surface area (Å²) in [7, 11) is 0. The van der Waals surface area contributed by atoms with Crippen molar-refractivity contribution in [1.29, 1.82) is 0 Å². The molecule has 0 aliphatic carbocycles. The van der Waals surface area contributed by atoms with Gasteiger partial charge in [-0.3, -0.25) is 9.59 Å². The normalized spacial score (nSPS) is 6.15.